The van der Waals surface area contributed by atoms with E-state index >= 15 is 0 Å². The number of hydrazone groups is 1. The first kappa shape index (κ1) is 21.6. The number of benzene rings is 2. The number of anilines is 2. The van der Waals surface area contributed by atoms with E-state index < -0.39 is 5.91 Å². The number of rotatable bonds is 7. The fourth-order valence-corrected chi connectivity index (χ4v) is 3.31. The molecule has 0 aliphatic rings. The van der Waals surface area contributed by atoms with Crippen LogP contribution in [-0.2, 0) is 0 Å². The highest BCUT2D eigenvalue weighted by molar-refractivity contribution is 6.32. The smallest absolute Gasteiger partial charge is 0.333 e. The molecule has 3 heterocycles. The van der Waals surface area contributed by atoms with Crippen molar-refractivity contribution in [2.24, 2.45) is 10.1 Å². The molecule has 5 rings (SSSR count). The van der Waals surface area contributed by atoms with Gasteiger partial charge in [0.1, 0.15) is 11.3 Å². The maximum absolute atomic E-state index is 12.4. The van der Waals surface area contributed by atoms with Gasteiger partial charge in [0, 0.05) is 29.0 Å². The Kier molecular flexibility index (Phi) is 5.78. The number of hydrogen-bond donors (Lipinski definition) is 3. The van der Waals surface area contributed by atoms with Crippen LogP contribution in [0.2, 0.25) is 0 Å². The van der Waals surface area contributed by atoms with Crippen molar-refractivity contribution in [1.29, 1.82) is 0 Å². The Bertz CT molecular complexity index is 1610. The molecular weight excluding hydrogens is 446 g/mol. The number of aromatic amines is 1. The topological polar surface area (TPSA) is 146 Å². The molecule has 0 fully saturated rings. The van der Waals surface area contributed by atoms with Gasteiger partial charge in [0.15, 0.2) is 11.4 Å². The maximum Gasteiger partial charge on any atom is 0.333 e. The molecule has 0 saturated carbocycles. The number of H-pyrrole nitrogens is 1. The molecule has 0 radical (unpaired) electrons. The second-order valence-corrected chi connectivity index (χ2v) is 7.41. The molecule has 172 valence electrons. The Balaban J connectivity index is 1.37. The number of aromatic nitrogens is 5. The first-order valence-electron chi connectivity index (χ1n) is 10.5. The van der Waals surface area contributed by atoms with E-state index in [1.165, 1.54) is 12.4 Å². The summed E-state index contributed by atoms with van der Waals surface area (Å²) in [5, 5.41) is 15.1. The van der Waals surface area contributed by atoms with E-state index in [9.17, 15) is 4.79 Å². The van der Waals surface area contributed by atoms with Crippen molar-refractivity contribution in [3.63, 3.8) is 0 Å². The van der Waals surface area contributed by atoms with Gasteiger partial charge in [0.25, 0.3) is 5.89 Å². The quantitative estimate of drug-likeness (QED) is 0.239. The summed E-state index contributed by atoms with van der Waals surface area (Å²) in [6, 6.07) is 12.9. The molecule has 0 spiro atoms. The third-order valence-electron chi connectivity index (χ3n) is 4.89. The number of carbonyl (C=O) groups excluding carboxylic acids is 1. The third kappa shape index (κ3) is 4.78. The lowest BCUT2D eigenvalue weighted by molar-refractivity contribution is 0.0972. The molecule has 5 aromatic rings. The predicted molar refractivity (Wildman–Crippen MR) is 134 cm³/mol. The lowest BCUT2D eigenvalue weighted by Crippen LogP contribution is -2.04. The monoisotopic (exact) mass is 465 g/mol. The summed E-state index contributed by atoms with van der Waals surface area (Å²) in [6.07, 6.45) is 6.23. The van der Waals surface area contributed by atoms with E-state index in [1.807, 2.05) is 18.2 Å². The Morgan fingerprint density at radius 1 is 1.17 bits per heavy atom. The van der Waals surface area contributed by atoms with Gasteiger partial charge < -0.3 is 9.73 Å². The molecule has 0 aliphatic heterocycles. The van der Waals surface area contributed by atoms with Gasteiger partial charge in [-0.25, -0.2) is 19.9 Å². The summed E-state index contributed by atoms with van der Waals surface area (Å²) >= 11 is 0. The van der Waals surface area contributed by atoms with Crippen LogP contribution < -0.4 is 10.7 Å². The van der Waals surface area contributed by atoms with Gasteiger partial charge in [-0.05, 0) is 49.4 Å². The van der Waals surface area contributed by atoms with Crippen LogP contribution in [0.4, 0.5) is 11.5 Å². The van der Waals surface area contributed by atoms with Crippen molar-refractivity contribution >= 4 is 51.3 Å². The summed E-state index contributed by atoms with van der Waals surface area (Å²) in [6.45, 7) is 5.12. The highest BCUT2D eigenvalue weighted by Crippen LogP contribution is 2.25. The molecule has 3 aromatic heterocycles. The minimum absolute atomic E-state index is 0.118. The molecular formula is C24H19N9O2. The molecule has 0 atom stereocenters. The summed E-state index contributed by atoms with van der Waals surface area (Å²) in [5.41, 5.74) is 6.43. The number of amides is 1. The zero-order chi connectivity index (χ0) is 24.2. The average Bonchev–Trinajstić information content (AvgIpc) is 3.50. The van der Waals surface area contributed by atoms with E-state index in [0.29, 0.717) is 28.5 Å². The minimum atomic E-state index is -0.609. The lowest BCUT2D eigenvalue weighted by atomic mass is 10.2. The van der Waals surface area contributed by atoms with Crippen molar-refractivity contribution < 1.29 is 9.21 Å². The molecule has 3 N–H and O–H groups in total. The van der Waals surface area contributed by atoms with E-state index in [1.54, 1.807) is 43.6 Å². The molecule has 0 aliphatic carbocycles. The summed E-state index contributed by atoms with van der Waals surface area (Å²) in [4.78, 5) is 29.6. The zero-order valence-corrected chi connectivity index (χ0v) is 18.6. The molecule has 11 heteroatoms. The molecule has 35 heavy (non-hydrogen) atoms. The number of nitrogens with zero attached hydrogens (tertiary/aromatic N) is 6. The number of aliphatic imine (C=N–C) groups is 1. The average molecular weight is 465 g/mol. The van der Waals surface area contributed by atoms with Crippen LogP contribution in [0.3, 0.4) is 0 Å². The number of oxazole rings is 1. The van der Waals surface area contributed by atoms with Crippen LogP contribution in [0.25, 0.3) is 33.4 Å². The van der Waals surface area contributed by atoms with Gasteiger partial charge >= 0.3 is 5.91 Å². The number of nitrogens with one attached hydrogen (secondary N) is 3. The van der Waals surface area contributed by atoms with E-state index in [2.05, 4.69) is 52.6 Å². The van der Waals surface area contributed by atoms with Gasteiger partial charge in [-0.15, -0.1) is 0 Å². The Morgan fingerprint density at radius 3 is 2.97 bits per heavy atom. The molecule has 1 amide bonds. The van der Waals surface area contributed by atoms with Crippen molar-refractivity contribution in [2.45, 2.75) is 6.92 Å². The van der Waals surface area contributed by atoms with Crippen LogP contribution in [0, 0.1) is 0 Å². The van der Waals surface area contributed by atoms with Crippen LogP contribution in [-0.4, -0.2) is 43.0 Å². The molecule has 2 aromatic carbocycles. The van der Waals surface area contributed by atoms with Gasteiger partial charge in [-0.3, -0.25) is 15.3 Å². The van der Waals surface area contributed by atoms with Crippen molar-refractivity contribution in [3.05, 3.63) is 73.5 Å². The number of fused-ring (bicyclic) bond motifs is 2. The standard InChI is InChI=1S/C24H19N9O2/c1-3-26-27-12-14(2)29-23(34)24-31-19-11-15(4-7-20(19)35-24)22-25-9-8-21(32-22)30-17-5-6-18-16(10-17)13-28-33-18/h3-13,26H,1H2,2H3,(H,28,33)(H,25,30,32). The SMILES string of the molecule is C=CNN=CC(C)=NC(=O)c1nc2cc(-c3nccc(Nc4ccc5[nH]ncc5c4)n3)ccc2o1. The largest absolute Gasteiger partial charge is 0.432 e. The number of hydrogen-bond acceptors (Lipinski definition) is 9. The van der Waals surface area contributed by atoms with Gasteiger partial charge in [-0.1, -0.05) is 6.58 Å². The highest BCUT2D eigenvalue weighted by Gasteiger charge is 2.15. The lowest BCUT2D eigenvalue weighted by Gasteiger charge is -2.07. The predicted octanol–water partition coefficient (Wildman–Crippen LogP) is 4.22. The van der Waals surface area contributed by atoms with Crippen LogP contribution in [0.15, 0.2) is 82.1 Å². The summed E-state index contributed by atoms with van der Waals surface area (Å²) < 4.78 is 5.57. The Labute approximate surface area is 198 Å². The first-order valence-corrected chi connectivity index (χ1v) is 10.5. The van der Waals surface area contributed by atoms with Gasteiger partial charge in [0.2, 0.25) is 0 Å². The molecule has 0 bridgehead atoms. The fourth-order valence-electron chi connectivity index (χ4n) is 3.31. The highest BCUT2D eigenvalue weighted by atomic mass is 16.4. The normalized spacial score (nSPS) is 11.9. The molecule has 0 unspecified atom stereocenters. The second kappa shape index (κ2) is 9.35. The van der Waals surface area contributed by atoms with Crippen molar-refractivity contribution in [1.82, 2.24) is 30.6 Å². The first-order chi connectivity index (χ1) is 17.1. The van der Waals surface area contributed by atoms with Crippen molar-refractivity contribution in [2.75, 3.05) is 5.32 Å². The Hall–Kier alpha value is -5.19. The molecule has 11 nitrogen and oxygen atoms in total. The third-order valence-corrected chi connectivity index (χ3v) is 4.89. The zero-order valence-electron chi connectivity index (χ0n) is 18.6. The van der Waals surface area contributed by atoms with Gasteiger partial charge in [0.05, 0.1) is 23.6 Å². The summed E-state index contributed by atoms with van der Waals surface area (Å²) in [5.74, 6) is 0.401. The van der Waals surface area contributed by atoms with E-state index in [-0.39, 0.29) is 5.89 Å². The van der Waals surface area contributed by atoms with E-state index in [0.717, 1.165) is 22.2 Å². The summed E-state index contributed by atoms with van der Waals surface area (Å²) in [7, 11) is 0. The van der Waals surface area contributed by atoms with Crippen LogP contribution in [0.1, 0.15) is 17.6 Å². The second-order valence-electron chi connectivity index (χ2n) is 7.41. The van der Waals surface area contributed by atoms with Crippen molar-refractivity contribution in [3.8, 4) is 11.4 Å². The van der Waals surface area contributed by atoms with E-state index in [4.69, 9.17) is 4.42 Å². The maximum atomic E-state index is 12.4. The van der Waals surface area contributed by atoms with Crippen LogP contribution >= 0.6 is 0 Å². The van der Waals surface area contributed by atoms with Gasteiger partial charge in [-0.2, -0.15) is 10.2 Å². The fraction of sp³-hybridized carbons (Fsp3) is 0.0417. The number of carbonyl (C=O) groups is 1. The molecule has 0 saturated heterocycles. The Morgan fingerprint density at radius 2 is 2.09 bits per heavy atom. The van der Waals surface area contributed by atoms with Crippen LogP contribution in [0.5, 0.6) is 0 Å². The minimum Gasteiger partial charge on any atom is -0.432 e.